The van der Waals surface area contributed by atoms with Crippen LogP contribution in [0.15, 0.2) is 65.7 Å². The number of aromatic nitrogens is 3. The van der Waals surface area contributed by atoms with Gasteiger partial charge in [0.1, 0.15) is 5.82 Å². The lowest BCUT2D eigenvalue weighted by Crippen LogP contribution is -2.36. The Morgan fingerprint density at radius 3 is 2.58 bits per heavy atom. The summed E-state index contributed by atoms with van der Waals surface area (Å²) in [6, 6.07) is 14.5. The first-order valence-electron chi connectivity index (χ1n) is 10.4. The molecule has 5 rings (SSSR count). The number of hydrogen-bond donors (Lipinski definition) is 1. The minimum atomic E-state index is -0.342. The molecule has 2 aromatic heterocycles. The molecule has 158 valence electrons. The predicted octanol–water partition coefficient (Wildman–Crippen LogP) is 5.02. The lowest BCUT2D eigenvalue weighted by atomic mass is 10.0. The van der Waals surface area contributed by atoms with E-state index in [-0.39, 0.29) is 17.5 Å². The van der Waals surface area contributed by atoms with Gasteiger partial charge >= 0.3 is 5.69 Å². The third-order valence-electron chi connectivity index (χ3n) is 5.98. The Morgan fingerprint density at radius 1 is 1.03 bits per heavy atom. The van der Waals surface area contributed by atoms with Gasteiger partial charge in [0.25, 0.3) is 0 Å². The standard InChI is InChI=1S/C24H22ClFN4O/c25-19-3-1-17(2-4-19)18-11-16(13-27-14-18)15-29-9-7-21(8-10-29)30-23-6-5-20(26)12-22(23)28-24(30)31/h1-6,11-14,21H,7-10,15H2,(H,28,31). The molecule has 3 heterocycles. The molecular weight excluding hydrogens is 415 g/mol. The molecule has 1 saturated heterocycles. The van der Waals surface area contributed by atoms with Gasteiger partial charge in [-0.3, -0.25) is 14.5 Å². The molecule has 0 amide bonds. The molecule has 1 aliphatic heterocycles. The van der Waals surface area contributed by atoms with E-state index >= 15 is 0 Å². The highest BCUT2D eigenvalue weighted by molar-refractivity contribution is 6.30. The molecule has 0 atom stereocenters. The Labute approximate surface area is 184 Å². The molecule has 0 unspecified atom stereocenters. The van der Waals surface area contributed by atoms with E-state index < -0.39 is 0 Å². The molecule has 5 nitrogen and oxygen atoms in total. The number of aromatic amines is 1. The van der Waals surface area contributed by atoms with E-state index in [1.165, 1.54) is 12.1 Å². The number of fused-ring (bicyclic) bond motifs is 1. The van der Waals surface area contributed by atoms with Crippen molar-refractivity contribution in [2.45, 2.75) is 25.4 Å². The van der Waals surface area contributed by atoms with Crippen molar-refractivity contribution in [1.29, 1.82) is 0 Å². The Hall–Kier alpha value is -2.96. The monoisotopic (exact) mass is 436 g/mol. The quantitative estimate of drug-likeness (QED) is 0.488. The second kappa shape index (κ2) is 8.29. The number of nitrogens with one attached hydrogen (secondary N) is 1. The van der Waals surface area contributed by atoms with E-state index in [9.17, 15) is 9.18 Å². The SMILES string of the molecule is O=c1[nH]c2cc(F)ccc2n1C1CCN(Cc2cncc(-c3ccc(Cl)cc3)c2)CC1. The summed E-state index contributed by atoms with van der Waals surface area (Å²) >= 11 is 5.99. The van der Waals surface area contributed by atoms with Crippen molar-refractivity contribution in [1.82, 2.24) is 19.4 Å². The fourth-order valence-electron chi connectivity index (χ4n) is 4.43. The number of halogens is 2. The van der Waals surface area contributed by atoms with Gasteiger partial charge in [-0.25, -0.2) is 9.18 Å². The molecule has 1 fully saturated rings. The van der Waals surface area contributed by atoms with Gasteiger partial charge in [-0.2, -0.15) is 0 Å². The van der Waals surface area contributed by atoms with E-state index in [1.807, 2.05) is 36.7 Å². The van der Waals surface area contributed by atoms with Crippen molar-refractivity contribution in [3.63, 3.8) is 0 Å². The van der Waals surface area contributed by atoms with Gasteiger partial charge in [-0.1, -0.05) is 23.7 Å². The maximum Gasteiger partial charge on any atom is 0.326 e. The molecule has 31 heavy (non-hydrogen) atoms. The van der Waals surface area contributed by atoms with Crippen LogP contribution in [-0.2, 0) is 6.54 Å². The Bertz CT molecular complexity index is 1270. The molecular formula is C24H22ClFN4O. The summed E-state index contributed by atoms with van der Waals surface area (Å²) in [4.78, 5) is 22.1. The minimum absolute atomic E-state index is 0.112. The first-order chi connectivity index (χ1) is 15.1. The van der Waals surface area contributed by atoms with Crippen LogP contribution in [0, 0.1) is 5.82 Å². The van der Waals surface area contributed by atoms with Gasteiger partial charge in [0.2, 0.25) is 0 Å². The average Bonchev–Trinajstić information content (AvgIpc) is 3.10. The number of benzene rings is 2. The fraction of sp³-hybridized carbons (Fsp3) is 0.250. The highest BCUT2D eigenvalue weighted by atomic mass is 35.5. The van der Waals surface area contributed by atoms with Crippen LogP contribution in [0.4, 0.5) is 4.39 Å². The van der Waals surface area contributed by atoms with Crippen LogP contribution < -0.4 is 5.69 Å². The molecule has 1 aliphatic rings. The number of rotatable bonds is 4. The van der Waals surface area contributed by atoms with E-state index in [2.05, 4.69) is 20.9 Å². The van der Waals surface area contributed by atoms with Gasteiger partial charge < -0.3 is 4.98 Å². The molecule has 0 spiro atoms. The minimum Gasteiger partial charge on any atom is -0.305 e. The van der Waals surface area contributed by atoms with Gasteiger partial charge in [0.15, 0.2) is 0 Å². The summed E-state index contributed by atoms with van der Waals surface area (Å²) in [6.45, 7) is 2.58. The highest BCUT2D eigenvalue weighted by Gasteiger charge is 2.24. The Kier molecular flexibility index (Phi) is 5.34. The first kappa shape index (κ1) is 20.0. The van der Waals surface area contributed by atoms with Crippen molar-refractivity contribution in [3.8, 4) is 11.1 Å². The Morgan fingerprint density at radius 2 is 1.81 bits per heavy atom. The molecule has 0 bridgehead atoms. The molecule has 7 heteroatoms. The number of H-pyrrole nitrogens is 1. The van der Waals surface area contributed by atoms with Crippen molar-refractivity contribution in [2.24, 2.45) is 0 Å². The summed E-state index contributed by atoms with van der Waals surface area (Å²) in [5.74, 6) is -0.342. The molecule has 2 aromatic carbocycles. The van der Waals surface area contributed by atoms with Crippen molar-refractivity contribution in [3.05, 3.63) is 87.8 Å². The van der Waals surface area contributed by atoms with Gasteiger partial charge in [-0.15, -0.1) is 0 Å². The molecule has 0 radical (unpaired) electrons. The zero-order valence-corrected chi connectivity index (χ0v) is 17.6. The molecule has 0 saturated carbocycles. The van der Waals surface area contributed by atoms with Gasteiger partial charge in [0, 0.05) is 48.7 Å². The van der Waals surface area contributed by atoms with Crippen LogP contribution in [0.1, 0.15) is 24.4 Å². The summed E-state index contributed by atoms with van der Waals surface area (Å²) in [6.07, 6.45) is 5.51. The Balaban J connectivity index is 1.28. The maximum atomic E-state index is 13.5. The second-order valence-corrected chi connectivity index (χ2v) is 8.49. The topological polar surface area (TPSA) is 53.9 Å². The van der Waals surface area contributed by atoms with Crippen LogP contribution >= 0.6 is 11.6 Å². The van der Waals surface area contributed by atoms with Crippen molar-refractivity contribution < 1.29 is 4.39 Å². The number of hydrogen-bond acceptors (Lipinski definition) is 3. The summed E-state index contributed by atoms with van der Waals surface area (Å²) < 4.78 is 15.3. The van der Waals surface area contributed by atoms with Crippen molar-refractivity contribution in [2.75, 3.05) is 13.1 Å². The van der Waals surface area contributed by atoms with Crippen LogP contribution in [-0.4, -0.2) is 32.5 Å². The highest BCUT2D eigenvalue weighted by Crippen LogP contribution is 2.27. The predicted molar refractivity (Wildman–Crippen MR) is 121 cm³/mol. The van der Waals surface area contributed by atoms with Crippen LogP contribution in [0.25, 0.3) is 22.2 Å². The van der Waals surface area contributed by atoms with Crippen LogP contribution in [0.5, 0.6) is 0 Å². The number of likely N-dealkylation sites (tertiary alicyclic amines) is 1. The number of nitrogens with zero attached hydrogens (tertiary/aromatic N) is 3. The third-order valence-corrected chi connectivity index (χ3v) is 6.23. The third kappa shape index (κ3) is 4.13. The van der Waals surface area contributed by atoms with Gasteiger partial charge in [0.05, 0.1) is 11.0 Å². The zero-order valence-electron chi connectivity index (χ0n) is 16.9. The van der Waals surface area contributed by atoms with E-state index in [1.54, 1.807) is 10.6 Å². The molecule has 1 N–H and O–H groups in total. The maximum absolute atomic E-state index is 13.5. The van der Waals surface area contributed by atoms with Gasteiger partial charge in [-0.05, 0) is 60.4 Å². The number of imidazole rings is 1. The number of pyridine rings is 1. The average molecular weight is 437 g/mol. The normalized spacial score (nSPS) is 15.5. The van der Waals surface area contributed by atoms with Crippen molar-refractivity contribution >= 4 is 22.6 Å². The summed E-state index contributed by atoms with van der Waals surface area (Å²) in [5.41, 5.74) is 4.47. The number of piperidine rings is 1. The summed E-state index contributed by atoms with van der Waals surface area (Å²) in [5, 5.41) is 0.718. The van der Waals surface area contributed by atoms with E-state index in [0.717, 1.165) is 59.7 Å². The zero-order chi connectivity index (χ0) is 21.4. The second-order valence-electron chi connectivity index (χ2n) is 8.06. The lowest BCUT2D eigenvalue weighted by Gasteiger charge is -2.32. The molecule has 0 aliphatic carbocycles. The lowest BCUT2D eigenvalue weighted by molar-refractivity contribution is 0.180. The first-order valence-corrected chi connectivity index (χ1v) is 10.8. The van der Waals surface area contributed by atoms with Crippen LogP contribution in [0.2, 0.25) is 5.02 Å². The summed E-state index contributed by atoms with van der Waals surface area (Å²) in [7, 11) is 0. The van der Waals surface area contributed by atoms with E-state index in [0.29, 0.717) is 5.52 Å². The molecule has 4 aromatic rings. The largest absolute Gasteiger partial charge is 0.326 e. The fourth-order valence-corrected chi connectivity index (χ4v) is 4.56. The van der Waals surface area contributed by atoms with Crippen LogP contribution in [0.3, 0.4) is 0 Å². The van der Waals surface area contributed by atoms with E-state index in [4.69, 9.17) is 11.6 Å². The smallest absolute Gasteiger partial charge is 0.305 e.